The van der Waals surface area contributed by atoms with Gasteiger partial charge in [-0.2, -0.15) is 16.9 Å². The van der Waals surface area contributed by atoms with Crippen molar-refractivity contribution in [1.29, 1.82) is 0 Å². The molecule has 3 aromatic carbocycles. The average molecular weight is 572 g/mol. The zero-order valence-electron chi connectivity index (χ0n) is 21.1. The van der Waals surface area contributed by atoms with E-state index in [0.717, 1.165) is 32.0 Å². The summed E-state index contributed by atoms with van der Waals surface area (Å²) in [6.07, 6.45) is 3.63. The number of thioether (sulfide) groups is 2. The highest BCUT2D eigenvalue weighted by molar-refractivity contribution is 8.00. The molecule has 1 saturated heterocycles. The van der Waals surface area contributed by atoms with Crippen molar-refractivity contribution in [2.45, 2.75) is 22.8 Å². The lowest BCUT2D eigenvalue weighted by molar-refractivity contribution is -0.119. The maximum atomic E-state index is 13.6. The van der Waals surface area contributed by atoms with Crippen LogP contribution in [0.1, 0.15) is 12.5 Å². The van der Waals surface area contributed by atoms with Crippen LogP contribution < -0.4 is 19.2 Å². The summed E-state index contributed by atoms with van der Waals surface area (Å²) >= 11 is 3.35. The van der Waals surface area contributed by atoms with E-state index in [1.807, 2.05) is 49.2 Å². The molecular formula is C27H29N3O5S3. The number of hydrazone groups is 1. The summed E-state index contributed by atoms with van der Waals surface area (Å²) in [5.74, 6) is 2.71. The molecule has 1 amide bonds. The number of hydrogen-bond donors (Lipinski definition) is 1. The molecular weight excluding hydrogens is 543 g/mol. The van der Waals surface area contributed by atoms with E-state index in [4.69, 9.17) is 9.47 Å². The minimum Gasteiger partial charge on any atom is -0.494 e. The third-order valence-electron chi connectivity index (χ3n) is 5.54. The molecule has 1 fully saturated rings. The largest absolute Gasteiger partial charge is 0.494 e. The van der Waals surface area contributed by atoms with Crippen molar-refractivity contribution in [3.63, 3.8) is 0 Å². The summed E-state index contributed by atoms with van der Waals surface area (Å²) < 4.78 is 39.6. The number of anilines is 1. The van der Waals surface area contributed by atoms with Gasteiger partial charge in [-0.05, 0) is 79.4 Å². The van der Waals surface area contributed by atoms with Gasteiger partial charge < -0.3 is 9.47 Å². The zero-order valence-corrected chi connectivity index (χ0v) is 23.5. The molecule has 0 bridgehead atoms. The fraction of sp³-hybridized carbons (Fsp3) is 0.259. The second-order valence-electron chi connectivity index (χ2n) is 8.26. The van der Waals surface area contributed by atoms with Gasteiger partial charge >= 0.3 is 0 Å². The number of rotatable bonds is 12. The number of nitrogens with one attached hydrogen (secondary N) is 1. The Bertz CT molecular complexity index is 1360. The zero-order chi connectivity index (χ0) is 27.0. The number of benzene rings is 3. The molecule has 1 aliphatic rings. The SMILES string of the molecule is CCOc1ccc(N(CC(=O)N/N=C\c2cccc(OC3CSC3)c2)S(=O)(=O)c2ccc(SC)cc2)cc1. The number of sulfonamides is 1. The Morgan fingerprint density at radius 2 is 1.84 bits per heavy atom. The van der Waals surface area contributed by atoms with Crippen LogP contribution in [0, 0.1) is 0 Å². The van der Waals surface area contributed by atoms with Gasteiger partial charge in [-0.15, -0.1) is 11.8 Å². The molecule has 0 saturated carbocycles. The molecule has 1 heterocycles. The second-order valence-corrected chi connectivity index (χ2v) is 12.1. The van der Waals surface area contributed by atoms with Crippen molar-refractivity contribution in [3.8, 4) is 11.5 Å². The molecule has 11 heteroatoms. The van der Waals surface area contributed by atoms with Crippen LogP contribution in [-0.4, -0.2) is 57.6 Å². The number of nitrogens with zero attached hydrogens (tertiary/aromatic N) is 2. The van der Waals surface area contributed by atoms with E-state index in [0.29, 0.717) is 18.0 Å². The molecule has 0 unspecified atom stereocenters. The lowest BCUT2D eigenvalue weighted by atomic mass is 10.2. The highest BCUT2D eigenvalue weighted by atomic mass is 32.2. The van der Waals surface area contributed by atoms with Gasteiger partial charge in [-0.25, -0.2) is 13.8 Å². The quantitative estimate of drug-likeness (QED) is 0.192. The van der Waals surface area contributed by atoms with E-state index in [1.165, 1.54) is 30.1 Å². The first-order valence-corrected chi connectivity index (χ1v) is 15.8. The number of ether oxygens (including phenoxy) is 2. The minimum atomic E-state index is -4.04. The van der Waals surface area contributed by atoms with Crippen molar-refractivity contribution < 1.29 is 22.7 Å². The predicted molar refractivity (Wildman–Crippen MR) is 154 cm³/mol. The lowest BCUT2D eigenvalue weighted by Crippen LogP contribution is -2.39. The van der Waals surface area contributed by atoms with E-state index in [9.17, 15) is 13.2 Å². The Balaban J connectivity index is 1.49. The first-order valence-electron chi connectivity index (χ1n) is 11.9. The van der Waals surface area contributed by atoms with Gasteiger partial charge in [0.05, 0.1) is 23.4 Å². The van der Waals surface area contributed by atoms with E-state index in [-0.39, 0.29) is 11.0 Å². The smallest absolute Gasteiger partial charge is 0.264 e. The number of amides is 1. The summed E-state index contributed by atoms with van der Waals surface area (Å²) in [6, 6.07) is 20.5. The molecule has 0 spiro atoms. The lowest BCUT2D eigenvalue weighted by Gasteiger charge is -2.25. The molecule has 0 aliphatic carbocycles. The highest BCUT2D eigenvalue weighted by Gasteiger charge is 2.27. The molecule has 3 aromatic rings. The van der Waals surface area contributed by atoms with Crippen molar-refractivity contribution in [1.82, 2.24) is 5.43 Å². The van der Waals surface area contributed by atoms with E-state index in [2.05, 4.69) is 10.5 Å². The number of carbonyl (C=O) groups is 1. The fourth-order valence-corrected chi connectivity index (χ4v) is 5.95. The molecule has 1 N–H and O–H groups in total. The minimum absolute atomic E-state index is 0.0853. The second kappa shape index (κ2) is 13.1. The summed E-state index contributed by atoms with van der Waals surface area (Å²) in [7, 11) is -4.04. The van der Waals surface area contributed by atoms with Gasteiger partial charge in [0.2, 0.25) is 0 Å². The van der Waals surface area contributed by atoms with E-state index >= 15 is 0 Å². The van der Waals surface area contributed by atoms with E-state index < -0.39 is 22.5 Å². The van der Waals surface area contributed by atoms with Crippen molar-refractivity contribution in [2.75, 3.05) is 35.2 Å². The molecule has 200 valence electrons. The van der Waals surface area contributed by atoms with Crippen molar-refractivity contribution >= 4 is 51.4 Å². The molecule has 0 aromatic heterocycles. The Labute approximate surface area is 231 Å². The Morgan fingerprint density at radius 1 is 1.11 bits per heavy atom. The molecule has 0 atom stereocenters. The Morgan fingerprint density at radius 3 is 2.47 bits per heavy atom. The Hall–Kier alpha value is -3.15. The summed E-state index contributed by atoms with van der Waals surface area (Å²) in [4.78, 5) is 13.9. The predicted octanol–water partition coefficient (Wildman–Crippen LogP) is 4.65. The molecule has 38 heavy (non-hydrogen) atoms. The third kappa shape index (κ3) is 7.24. The highest BCUT2D eigenvalue weighted by Crippen LogP contribution is 2.27. The third-order valence-corrected chi connectivity index (χ3v) is 9.29. The maximum Gasteiger partial charge on any atom is 0.264 e. The first-order chi connectivity index (χ1) is 18.4. The Kier molecular flexibility index (Phi) is 9.59. The topological polar surface area (TPSA) is 97.3 Å². The summed E-state index contributed by atoms with van der Waals surface area (Å²) in [6.45, 7) is 1.89. The number of hydrogen-bond acceptors (Lipinski definition) is 8. The molecule has 0 radical (unpaired) electrons. The monoisotopic (exact) mass is 571 g/mol. The van der Waals surface area contributed by atoms with Crippen LogP contribution >= 0.6 is 23.5 Å². The fourth-order valence-electron chi connectivity index (χ4n) is 3.55. The van der Waals surface area contributed by atoms with Gasteiger partial charge in [-0.1, -0.05) is 12.1 Å². The van der Waals surface area contributed by atoms with Crippen LogP contribution in [0.2, 0.25) is 0 Å². The maximum absolute atomic E-state index is 13.6. The van der Waals surface area contributed by atoms with Gasteiger partial charge in [0.25, 0.3) is 15.9 Å². The summed E-state index contributed by atoms with van der Waals surface area (Å²) in [5, 5.41) is 4.03. The molecule has 4 rings (SSSR count). The first kappa shape index (κ1) is 27.9. The van der Waals surface area contributed by atoms with Crippen molar-refractivity contribution in [2.24, 2.45) is 5.10 Å². The van der Waals surface area contributed by atoms with Crippen molar-refractivity contribution in [3.05, 3.63) is 78.4 Å². The van der Waals surface area contributed by atoms with Crippen LogP contribution in [0.15, 0.2) is 87.7 Å². The van der Waals surface area contributed by atoms with Crippen LogP contribution in [0.5, 0.6) is 11.5 Å². The van der Waals surface area contributed by atoms with Gasteiger partial charge in [0, 0.05) is 16.4 Å². The van der Waals surface area contributed by atoms with Gasteiger partial charge in [0.1, 0.15) is 24.1 Å². The van der Waals surface area contributed by atoms with Gasteiger partial charge in [-0.3, -0.25) is 9.10 Å². The normalized spacial score (nSPS) is 13.6. The molecule has 1 aliphatic heterocycles. The standard InChI is InChI=1S/C27H29N3O5S3/c1-3-34-22-9-7-21(8-10-22)30(38(32,33)26-13-11-25(36-2)12-14-26)17-27(31)29-28-16-20-5-4-6-23(15-20)35-24-18-37-19-24/h4-16,24H,3,17-19H2,1-2H3,(H,29,31)/b28-16-. The van der Waals surface area contributed by atoms with Crippen LogP contribution in [-0.2, 0) is 14.8 Å². The van der Waals surface area contributed by atoms with E-state index in [1.54, 1.807) is 36.4 Å². The average Bonchev–Trinajstić information content (AvgIpc) is 2.90. The molecule has 8 nitrogen and oxygen atoms in total. The summed E-state index contributed by atoms with van der Waals surface area (Å²) in [5.41, 5.74) is 3.52. The van der Waals surface area contributed by atoms with Crippen LogP contribution in [0.4, 0.5) is 5.69 Å². The van der Waals surface area contributed by atoms with Crippen LogP contribution in [0.25, 0.3) is 0 Å². The number of carbonyl (C=O) groups excluding carboxylic acids is 1. The van der Waals surface area contributed by atoms with Crippen LogP contribution in [0.3, 0.4) is 0 Å². The van der Waals surface area contributed by atoms with Gasteiger partial charge in [0.15, 0.2) is 0 Å².